The van der Waals surface area contributed by atoms with Gasteiger partial charge in [0.05, 0.1) is 17.9 Å². The molecule has 0 aliphatic carbocycles. The number of carbonyl (C=O) groups is 2. The largest absolute Gasteiger partial charge is 0.462 e. The first-order valence-corrected chi connectivity index (χ1v) is 7.55. The van der Waals surface area contributed by atoms with E-state index >= 15 is 0 Å². The van der Waals surface area contributed by atoms with Gasteiger partial charge in [-0.1, -0.05) is 0 Å². The molecule has 0 spiro atoms. The summed E-state index contributed by atoms with van der Waals surface area (Å²) in [6.07, 6.45) is 0. The summed E-state index contributed by atoms with van der Waals surface area (Å²) in [6.45, 7) is 6.39. The Balaban J connectivity index is 2.20. The van der Waals surface area contributed by atoms with Crippen LogP contribution in [-0.4, -0.2) is 28.3 Å². The molecule has 0 aliphatic rings. The Bertz CT molecular complexity index is 660. The first kappa shape index (κ1) is 15.2. The molecule has 21 heavy (non-hydrogen) atoms. The fourth-order valence-corrected chi connectivity index (χ4v) is 2.68. The molecule has 0 radical (unpaired) electrons. The highest BCUT2D eigenvalue weighted by atomic mass is 32.1. The average Bonchev–Trinajstić information content (AvgIpc) is 3.05. The number of anilines is 1. The normalized spacial score (nSPS) is 10.4. The molecule has 1 amide bonds. The zero-order valence-electron chi connectivity index (χ0n) is 12.2. The van der Waals surface area contributed by atoms with Crippen molar-refractivity contribution in [2.45, 2.75) is 27.3 Å². The third-order valence-electron chi connectivity index (χ3n) is 2.82. The van der Waals surface area contributed by atoms with Crippen molar-refractivity contribution in [3.8, 4) is 0 Å². The molecular weight excluding hydrogens is 290 g/mol. The molecule has 0 unspecified atom stereocenters. The lowest BCUT2D eigenvalue weighted by molar-refractivity contribution is 0.0528. The van der Waals surface area contributed by atoms with Crippen LogP contribution in [0.25, 0.3) is 0 Å². The maximum Gasteiger partial charge on any atom is 0.341 e. The molecule has 0 aromatic carbocycles. The number of hydrogen-bond acceptors (Lipinski definition) is 5. The van der Waals surface area contributed by atoms with Crippen molar-refractivity contribution >= 4 is 28.2 Å². The maximum atomic E-state index is 12.3. The van der Waals surface area contributed by atoms with Gasteiger partial charge in [-0.2, -0.15) is 5.10 Å². The van der Waals surface area contributed by atoms with Gasteiger partial charge in [0.1, 0.15) is 10.7 Å². The summed E-state index contributed by atoms with van der Waals surface area (Å²) >= 11 is 1.28. The van der Waals surface area contributed by atoms with Gasteiger partial charge in [0, 0.05) is 6.54 Å². The zero-order valence-corrected chi connectivity index (χ0v) is 13.0. The number of thiophene rings is 1. The molecule has 0 saturated carbocycles. The van der Waals surface area contributed by atoms with E-state index in [1.807, 2.05) is 13.8 Å². The van der Waals surface area contributed by atoms with Gasteiger partial charge in [0.15, 0.2) is 0 Å². The van der Waals surface area contributed by atoms with Crippen LogP contribution in [0.2, 0.25) is 0 Å². The fourth-order valence-electron chi connectivity index (χ4n) is 1.91. The molecule has 0 bridgehead atoms. The molecule has 1 N–H and O–H groups in total. The third kappa shape index (κ3) is 3.30. The first-order valence-electron chi connectivity index (χ1n) is 6.67. The predicted molar refractivity (Wildman–Crippen MR) is 80.9 cm³/mol. The van der Waals surface area contributed by atoms with Crippen LogP contribution in [-0.2, 0) is 11.3 Å². The Labute approximate surface area is 126 Å². The molecule has 0 fully saturated rings. The summed E-state index contributed by atoms with van der Waals surface area (Å²) in [7, 11) is 0. The zero-order chi connectivity index (χ0) is 15.4. The van der Waals surface area contributed by atoms with Gasteiger partial charge in [-0.15, -0.1) is 11.3 Å². The number of aromatic nitrogens is 2. The van der Waals surface area contributed by atoms with Crippen LogP contribution in [0.1, 0.15) is 40.4 Å². The number of carbonyl (C=O) groups excluding carboxylic acids is 2. The third-order valence-corrected chi connectivity index (χ3v) is 3.65. The number of ether oxygens (including phenoxy) is 1. The van der Waals surface area contributed by atoms with Gasteiger partial charge in [-0.3, -0.25) is 9.48 Å². The van der Waals surface area contributed by atoms with Crippen LogP contribution in [0.15, 0.2) is 17.5 Å². The predicted octanol–water partition coefficient (Wildman–Crippen LogP) is 2.70. The molecule has 2 heterocycles. The number of esters is 1. The van der Waals surface area contributed by atoms with Crippen LogP contribution in [0.3, 0.4) is 0 Å². The van der Waals surface area contributed by atoms with Crippen LogP contribution in [0, 0.1) is 6.92 Å². The maximum absolute atomic E-state index is 12.3. The van der Waals surface area contributed by atoms with Gasteiger partial charge in [-0.25, -0.2) is 4.79 Å². The number of hydrogen-bond donors (Lipinski definition) is 1. The summed E-state index contributed by atoms with van der Waals surface area (Å²) in [5.41, 5.74) is 1.62. The average molecular weight is 307 g/mol. The van der Waals surface area contributed by atoms with Crippen LogP contribution in [0.5, 0.6) is 0 Å². The lowest BCUT2D eigenvalue weighted by Crippen LogP contribution is -2.18. The van der Waals surface area contributed by atoms with Crippen LogP contribution >= 0.6 is 11.3 Å². The molecule has 0 aliphatic heterocycles. The van der Waals surface area contributed by atoms with Gasteiger partial charge in [0.25, 0.3) is 5.91 Å². The van der Waals surface area contributed by atoms with E-state index in [4.69, 9.17) is 4.74 Å². The number of aryl methyl sites for hydroxylation is 2. The Morgan fingerprint density at radius 2 is 2.19 bits per heavy atom. The highest BCUT2D eigenvalue weighted by molar-refractivity contribution is 7.14. The van der Waals surface area contributed by atoms with Gasteiger partial charge < -0.3 is 10.1 Å². The minimum Gasteiger partial charge on any atom is -0.462 e. The highest BCUT2D eigenvalue weighted by Crippen LogP contribution is 2.24. The quantitative estimate of drug-likeness (QED) is 0.862. The number of nitrogens with one attached hydrogen (secondary N) is 1. The van der Waals surface area contributed by atoms with Gasteiger partial charge in [-0.05, 0) is 38.3 Å². The smallest absolute Gasteiger partial charge is 0.341 e. The summed E-state index contributed by atoms with van der Waals surface area (Å²) in [5, 5.41) is 9.21. The summed E-state index contributed by atoms with van der Waals surface area (Å²) in [5.74, 6) is -0.723. The van der Waals surface area contributed by atoms with Crippen molar-refractivity contribution in [2.24, 2.45) is 0 Å². The second-order valence-corrected chi connectivity index (χ2v) is 5.24. The van der Waals surface area contributed by atoms with E-state index in [1.165, 1.54) is 11.3 Å². The van der Waals surface area contributed by atoms with E-state index in [2.05, 4.69) is 10.4 Å². The Morgan fingerprint density at radius 3 is 2.86 bits per heavy atom. The standard InChI is InChI=1S/C14H17N3O3S/c1-4-17-11(8-9(3)16-17)12(18)15-13-10(6-7-21-13)14(19)20-5-2/h6-8H,4-5H2,1-3H3,(H,15,18). The second-order valence-electron chi connectivity index (χ2n) is 4.32. The summed E-state index contributed by atoms with van der Waals surface area (Å²) in [4.78, 5) is 24.1. The lowest BCUT2D eigenvalue weighted by Gasteiger charge is -2.07. The van der Waals surface area contributed by atoms with Crippen molar-refractivity contribution in [3.05, 3.63) is 34.5 Å². The Morgan fingerprint density at radius 1 is 1.43 bits per heavy atom. The SMILES string of the molecule is CCOC(=O)c1ccsc1NC(=O)c1cc(C)nn1CC. The minimum absolute atomic E-state index is 0.287. The second kappa shape index (κ2) is 6.53. The number of rotatable bonds is 5. The molecule has 2 aromatic rings. The first-order chi connectivity index (χ1) is 10.1. The molecule has 6 nitrogen and oxygen atoms in total. The summed E-state index contributed by atoms with van der Waals surface area (Å²) < 4.78 is 6.59. The summed E-state index contributed by atoms with van der Waals surface area (Å²) in [6, 6.07) is 3.36. The van der Waals surface area contributed by atoms with Crippen LogP contribution < -0.4 is 5.32 Å². The topological polar surface area (TPSA) is 73.2 Å². The monoisotopic (exact) mass is 307 g/mol. The van der Waals surface area contributed by atoms with Crippen molar-refractivity contribution in [2.75, 3.05) is 11.9 Å². The van der Waals surface area contributed by atoms with E-state index in [9.17, 15) is 9.59 Å². The number of nitrogens with zero attached hydrogens (tertiary/aromatic N) is 2. The molecule has 112 valence electrons. The van der Waals surface area contributed by atoms with Crippen molar-refractivity contribution < 1.29 is 14.3 Å². The molecular formula is C14H17N3O3S. The van der Waals surface area contributed by atoms with E-state index in [0.717, 1.165) is 5.69 Å². The minimum atomic E-state index is -0.436. The van der Waals surface area contributed by atoms with Crippen LogP contribution in [0.4, 0.5) is 5.00 Å². The van der Waals surface area contributed by atoms with Crippen molar-refractivity contribution in [3.63, 3.8) is 0 Å². The number of amides is 1. The van der Waals surface area contributed by atoms with Crippen molar-refractivity contribution in [1.82, 2.24) is 9.78 Å². The van der Waals surface area contributed by atoms with E-state index in [0.29, 0.717) is 29.4 Å². The lowest BCUT2D eigenvalue weighted by atomic mass is 10.3. The Kier molecular flexibility index (Phi) is 4.74. The molecule has 7 heteroatoms. The van der Waals surface area contributed by atoms with Gasteiger partial charge >= 0.3 is 5.97 Å². The molecule has 2 rings (SSSR count). The van der Waals surface area contributed by atoms with Gasteiger partial charge in [0.2, 0.25) is 0 Å². The van der Waals surface area contributed by atoms with E-state index < -0.39 is 5.97 Å². The molecule has 0 saturated heterocycles. The van der Waals surface area contributed by atoms with E-state index in [1.54, 1.807) is 29.1 Å². The van der Waals surface area contributed by atoms with E-state index in [-0.39, 0.29) is 5.91 Å². The Hall–Kier alpha value is -2.15. The molecule has 0 atom stereocenters. The fraction of sp³-hybridized carbons (Fsp3) is 0.357. The van der Waals surface area contributed by atoms with Crippen molar-refractivity contribution in [1.29, 1.82) is 0 Å². The highest BCUT2D eigenvalue weighted by Gasteiger charge is 2.19. The molecule has 2 aromatic heterocycles.